The summed E-state index contributed by atoms with van der Waals surface area (Å²) in [5, 5.41) is 8.03. The largest absolute Gasteiger partial charge is 0.364 e. The summed E-state index contributed by atoms with van der Waals surface area (Å²) in [7, 11) is 0. The van der Waals surface area contributed by atoms with Gasteiger partial charge in [0.15, 0.2) is 5.82 Å². The molecule has 3 heterocycles. The SMILES string of the molecule is CCc1nc(C2CCCN2Cc2ccon2)no1. The van der Waals surface area contributed by atoms with Gasteiger partial charge in [-0.25, -0.2) is 0 Å². The van der Waals surface area contributed by atoms with Crippen LogP contribution in [-0.4, -0.2) is 26.7 Å². The fourth-order valence-corrected chi connectivity index (χ4v) is 2.38. The van der Waals surface area contributed by atoms with Crippen LogP contribution in [0.3, 0.4) is 0 Å². The summed E-state index contributed by atoms with van der Waals surface area (Å²) in [5.41, 5.74) is 0.945. The van der Waals surface area contributed by atoms with E-state index < -0.39 is 0 Å². The first-order chi connectivity index (χ1) is 8.86. The Kier molecular flexibility index (Phi) is 3.10. The second kappa shape index (κ2) is 4.89. The normalized spacial score (nSPS) is 20.6. The van der Waals surface area contributed by atoms with Crippen molar-refractivity contribution < 1.29 is 9.05 Å². The van der Waals surface area contributed by atoms with Crippen molar-refractivity contribution in [1.29, 1.82) is 0 Å². The van der Waals surface area contributed by atoms with E-state index in [1.54, 1.807) is 6.26 Å². The van der Waals surface area contributed by atoms with E-state index in [2.05, 4.69) is 20.2 Å². The first kappa shape index (κ1) is 11.4. The molecule has 0 amide bonds. The molecule has 96 valence electrons. The Labute approximate surface area is 105 Å². The van der Waals surface area contributed by atoms with Gasteiger partial charge in [0.1, 0.15) is 6.26 Å². The molecule has 1 saturated heterocycles. The number of aryl methyl sites for hydroxylation is 1. The van der Waals surface area contributed by atoms with Crippen LogP contribution < -0.4 is 0 Å². The highest BCUT2D eigenvalue weighted by Crippen LogP contribution is 2.31. The maximum absolute atomic E-state index is 5.19. The van der Waals surface area contributed by atoms with Gasteiger partial charge in [-0.15, -0.1) is 0 Å². The average Bonchev–Trinajstić information content (AvgIpc) is 3.09. The van der Waals surface area contributed by atoms with Crippen molar-refractivity contribution in [1.82, 2.24) is 20.2 Å². The molecule has 1 unspecified atom stereocenters. The van der Waals surface area contributed by atoms with Crippen molar-refractivity contribution in [3.05, 3.63) is 29.7 Å². The predicted molar refractivity (Wildman–Crippen MR) is 62.6 cm³/mol. The van der Waals surface area contributed by atoms with Crippen LogP contribution >= 0.6 is 0 Å². The van der Waals surface area contributed by atoms with Crippen molar-refractivity contribution in [2.45, 2.75) is 38.8 Å². The van der Waals surface area contributed by atoms with Crippen LogP contribution in [0.4, 0.5) is 0 Å². The van der Waals surface area contributed by atoms with Gasteiger partial charge in [0.05, 0.1) is 11.7 Å². The molecule has 0 N–H and O–H groups in total. The molecule has 1 fully saturated rings. The van der Waals surface area contributed by atoms with Crippen LogP contribution in [0, 0.1) is 0 Å². The van der Waals surface area contributed by atoms with Crippen LogP contribution in [0.25, 0.3) is 0 Å². The molecule has 18 heavy (non-hydrogen) atoms. The van der Waals surface area contributed by atoms with Crippen LogP contribution in [0.2, 0.25) is 0 Å². The fourth-order valence-electron chi connectivity index (χ4n) is 2.38. The van der Waals surface area contributed by atoms with Crippen molar-refractivity contribution in [3.8, 4) is 0 Å². The minimum atomic E-state index is 0.241. The van der Waals surface area contributed by atoms with E-state index >= 15 is 0 Å². The average molecular weight is 248 g/mol. The van der Waals surface area contributed by atoms with Gasteiger partial charge in [0, 0.05) is 19.0 Å². The molecule has 6 nitrogen and oxygen atoms in total. The second-order valence-electron chi connectivity index (χ2n) is 4.52. The van der Waals surface area contributed by atoms with Crippen LogP contribution in [0.1, 0.15) is 43.2 Å². The number of aromatic nitrogens is 3. The zero-order chi connectivity index (χ0) is 12.4. The summed E-state index contributed by atoms with van der Waals surface area (Å²) in [5.74, 6) is 1.51. The maximum atomic E-state index is 5.19. The smallest absolute Gasteiger partial charge is 0.226 e. The minimum absolute atomic E-state index is 0.241. The first-order valence-corrected chi connectivity index (χ1v) is 6.32. The zero-order valence-electron chi connectivity index (χ0n) is 10.4. The molecule has 0 aliphatic carbocycles. The Balaban J connectivity index is 1.74. The number of likely N-dealkylation sites (tertiary alicyclic amines) is 1. The Morgan fingerprint density at radius 3 is 3.11 bits per heavy atom. The van der Waals surface area contributed by atoms with Gasteiger partial charge < -0.3 is 9.05 Å². The third-order valence-corrected chi connectivity index (χ3v) is 3.30. The Bertz CT molecular complexity index is 494. The molecule has 1 atom stereocenters. The highest BCUT2D eigenvalue weighted by molar-refractivity contribution is 5.02. The molecule has 0 radical (unpaired) electrons. The van der Waals surface area contributed by atoms with Crippen LogP contribution in [-0.2, 0) is 13.0 Å². The number of hydrogen-bond donors (Lipinski definition) is 0. The third kappa shape index (κ3) is 2.15. The van der Waals surface area contributed by atoms with E-state index in [0.29, 0.717) is 5.89 Å². The van der Waals surface area contributed by atoms with Crippen molar-refractivity contribution >= 4 is 0 Å². The Hall–Kier alpha value is -1.69. The highest BCUT2D eigenvalue weighted by atomic mass is 16.5. The van der Waals surface area contributed by atoms with Crippen molar-refractivity contribution in [2.75, 3.05) is 6.54 Å². The molecule has 0 aromatic carbocycles. The third-order valence-electron chi connectivity index (χ3n) is 3.30. The molecule has 0 saturated carbocycles. The van der Waals surface area contributed by atoms with Gasteiger partial charge in [-0.05, 0) is 19.4 Å². The van der Waals surface area contributed by atoms with Gasteiger partial charge in [0.2, 0.25) is 5.89 Å². The summed E-state index contributed by atoms with van der Waals surface area (Å²) in [6.45, 7) is 3.82. The highest BCUT2D eigenvalue weighted by Gasteiger charge is 2.30. The lowest BCUT2D eigenvalue weighted by Gasteiger charge is -2.20. The fraction of sp³-hybridized carbons (Fsp3) is 0.583. The number of nitrogens with zero attached hydrogens (tertiary/aromatic N) is 4. The summed E-state index contributed by atoms with van der Waals surface area (Å²) < 4.78 is 10.0. The van der Waals surface area contributed by atoms with Crippen LogP contribution in [0.5, 0.6) is 0 Å². The summed E-state index contributed by atoms with van der Waals surface area (Å²) in [6, 6.07) is 2.13. The monoisotopic (exact) mass is 248 g/mol. The molecule has 0 bridgehead atoms. The van der Waals surface area contributed by atoms with E-state index in [-0.39, 0.29) is 6.04 Å². The van der Waals surface area contributed by atoms with E-state index in [1.807, 2.05) is 13.0 Å². The first-order valence-electron chi connectivity index (χ1n) is 6.32. The lowest BCUT2D eigenvalue weighted by atomic mass is 10.2. The van der Waals surface area contributed by atoms with Gasteiger partial charge in [-0.1, -0.05) is 17.2 Å². The van der Waals surface area contributed by atoms with Crippen LogP contribution in [0.15, 0.2) is 21.4 Å². The van der Waals surface area contributed by atoms with Gasteiger partial charge in [-0.2, -0.15) is 4.98 Å². The predicted octanol–water partition coefficient (Wildman–Crippen LogP) is 1.96. The van der Waals surface area contributed by atoms with Crippen molar-refractivity contribution in [2.24, 2.45) is 0 Å². The lowest BCUT2D eigenvalue weighted by molar-refractivity contribution is 0.227. The topological polar surface area (TPSA) is 68.2 Å². The molecule has 0 spiro atoms. The maximum Gasteiger partial charge on any atom is 0.226 e. The molecular formula is C12H16N4O2. The molecule has 2 aromatic rings. The van der Waals surface area contributed by atoms with Crippen molar-refractivity contribution in [3.63, 3.8) is 0 Å². The van der Waals surface area contributed by atoms with E-state index in [1.165, 1.54) is 0 Å². The van der Waals surface area contributed by atoms with E-state index in [4.69, 9.17) is 9.05 Å². The van der Waals surface area contributed by atoms with E-state index in [9.17, 15) is 0 Å². The summed E-state index contributed by atoms with van der Waals surface area (Å²) >= 11 is 0. The molecule has 2 aromatic heterocycles. The quantitative estimate of drug-likeness (QED) is 0.823. The molecule has 1 aliphatic heterocycles. The molecule has 3 rings (SSSR count). The molecular weight excluding hydrogens is 232 g/mol. The Morgan fingerprint density at radius 1 is 1.44 bits per heavy atom. The Morgan fingerprint density at radius 2 is 2.39 bits per heavy atom. The van der Waals surface area contributed by atoms with Gasteiger partial charge >= 0.3 is 0 Å². The second-order valence-corrected chi connectivity index (χ2v) is 4.52. The summed E-state index contributed by atoms with van der Waals surface area (Å²) in [4.78, 5) is 6.75. The number of hydrogen-bond acceptors (Lipinski definition) is 6. The van der Waals surface area contributed by atoms with E-state index in [0.717, 1.165) is 43.9 Å². The minimum Gasteiger partial charge on any atom is -0.364 e. The molecule has 1 aliphatic rings. The van der Waals surface area contributed by atoms with Gasteiger partial charge in [0.25, 0.3) is 0 Å². The standard InChI is InChI=1S/C12H16N4O2/c1-2-11-13-12(15-18-11)10-4-3-6-16(10)8-9-5-7-17-14-9/h5,7,10H,2-4,6,8H2,1H3. The zero-order valence-corrected chi connectivity index (χ0v) is 10.4. The van der Waals surface area contributed by atoms with Gasteiger partial charge in [-0.3, -0.25) is 4.90 Å². The lowest BCUT2D eigenvalue weighted by Crippen LogP contribution is -2.23. The summed E-state index contributed by atoms with van der Waals surface area (Å²) in [6.07, 6.45) is 4.60. The molecule has 6 heteroatoms. The number of rotatable bonds is 4.